The Bertz CT molecular complexity index is 722. The van der Waals surface area contributed by atoms with Crippen LogP contribution in [0.3, 0.4) is 0 Å². The lowest BCUT2D eigenvalue weighted by molar-refractivity contribution is 0.185. The molecule has 0 atom stereocenters. The van der Waals surface area contributed by atoms with Crippen molar-refractivity contribution < 1.29 is 18.3 Å². The van der Waals surface area contributed by atoms with Gasteiger partial charge in [-0.1, -0.05) is 18.2 Å². The first-order valence-electron chi connectivity index (χ1n) is 6.33. The van der Waals surface area contributed by atoms with Crippen LogP contribution in [0, 0.1) is 0 Å². The van der Waals surface area contributed by atoms with Crippen molar-refractivity contribution >= 4 is 15.7 Å². The van der Waals surface area contributed by atoms with Crippen LogP contribution in [0.2, 0.25) is 0 Å². The summed E-state index contributed by atoms with van der Waals surface area (Å²) in [5, 5.41) is 9.15. The van der Waals surface area contributed by atoms with E-state index in [0.717, 1.165) is 5.56 Å². The first kappa shape index (κ1) is 15.6. The monoisotopic (exact) mass is 310 g/mol. The molecule has 2 N–H and O–H groups in total. The number of nitrogens with one attached hydrogen (secondary N) is 1. The lowest BCUT2D eigenvalue weighted by atomic mass is 10.2. The maximum absolute atomic E-state index is 12.4. The SMILES string of the molecule is COCc1ccccc1NS(=O)(=O)c1cc(CO)n(C)c1. The van der Waals surface area contributed by atoms with Crippen molar-refractivity contribution in [1.82, 2.24) is 4.57 Å². The van der Waals surface area contributed by atoms with Crippen LogP contribution in [0.1, 0.15) is 11.3 Å². The Hall–Kier alpha value is -1.83. The summed E-state index contributed by atoms with van der Waals surface area (Å²) in [4.78, 5) is 0.112. The molecule has 114 valence electrons. The predicted octanol–water partition coefficient (Wildman–Crippen LogP) is 1.46. The van der Waals surface area contributed by atoms with Gasteiger partial charge in [0.2, 0.25) is 0 Å². The molecule has 6 nitrogen and oxygen atoms in total. The Morgan fingerprint density at radius 2 is 2.05 bits per heavy atom. The van der Waals surface area contributed by atoms with Crippen molar-refractivity contribution in [2.75, 3.05) is 11.8 Å². The summed E-state index contributed by atoms with van der Waals surface area (Å²) in [6, 6.07) is 8.49. The highest BCUT2D eigenvalue weighted by Gasteiger charge is 2.18. The van der Waals surface area contributed by atoms with Gasteiger partial charge in [0.05, 0.1) is 18.9 Å². The second-order valence-corrected chi connectivity index (χ2v) is 6.31. The summed E-state index contributed by atoms with van der Waals surface area (Å²) in [6.07, 6.45) is 1.47. The van der Waals surface area contributed by atoms with Gasteiger partial charge in [-0.25, -0.2) is 8.42 Å². The Balaban J connectivity index is 2.33. The van der Waals surface area contributed by atoms with Crippen molar-refractivity contribution in [3.8, 4) is 0 Å². The van der Waals surface area contributed by atoms with E-state index in [1.807, 2.05) is 6.07 Å². The number of sulfonamides is 1. The van der Waals surface area contributed by atoms with Gasteiger partial charge in [-0.05, 0) is 12.1 Å². The number of benzene rings is 1. The number of aromatic nitrogens is 1. The van der Waals surface area contributed by atoms with Gasteiger partial charge in [0.25, 0.3) is 10.0 Å². The van der Waals surface area contributed by atoms with Crippen LogP contribution >= 0.6 is 0 Å². The zero-order valence-electron chi connectivity index (χ0n) is 11.9. The van der Waals surface area contributed by atoms with E-state index in [1.165, 1.54) is 12.3 Å². The van der Waals surface area contributed by atoms with Gasteiger partial charge in [-0.15, -0.1) is 0 Å². The van der Waals surface area contributed by atoms with E-state index in [-0.39, 0.29) is 11.5 Å². The second kappa shape index (κ2) is 6.30. The van der Waals surface area contributed by atoms with Gasteiger partial charge in [0.15, 0.2) is 0 Å². The number of hydrogen-bond donors (Lipinski definition) is 2. The minimum Gasteiger partial charge on any atom is -0.390 e. The van der Waals surface area contributed by atoms with Crippen LogP contribution in [-0.4, -0.2) is 25.2 Å². The molecule has 0 bridgehead atoms. The van der Waals surface area contributed by atoms with Crippen LogP contribution in [0.5, 0.6) is 0 Å². The topological polar surface area (TPSA) is 80.6 Å². The molecule has 0 saturated carbocycles. The number of hydrogen-bond acceptors (Lipinski definition) is 4. The molecular formula is C14H18N2O4S. The standard InChI is InChI=1S/C14H18N2O4S/c1-16-8-13(7-12(16)9-17)21(18,19)15-14-6-4-3-5-11(14)10-20-2/h3-8,15,17H,9-10H2,1-2H3. The third-order valence-electron chi connectivity index (χ3n) is 3.12. The molecule has 0 aliphatic heterocycles. The molecule has 0 amide bonds. The fourth-order valence-electron chi connectivity index (χ4n) is 1.99. The van der Waals surface area contributed by atoms with E-state index >= 15 is 0 Å². The summed E-state index contributed by atoms with van der Waals surface area (Å²) in [7, 11) is -0.468. The van der Waals surface area contributed by atoms with Gasteiger partial charge in [0.1, 0.15) is 4.90 Å². The molecule has 1 aromatic heterocycles. The molecule has 7 heteroatoms. The molecule has 2 aromatic rings. The van der Waals surface area contributed by atoms with E-state index in [0.29, 0.717) is 18.0 Å². The average Bonchev–Trinajstić information content (AvgIpc) is 2.83. The van der Waals surface area contributed by atoms with E-state index in [2.05, 4.69) is 4.72 Å². The number of para-hydroxylation sites is 1. The molecule has 0 spiro atoms. The number of aliphatic hydroxyl groups excluding tert-OH is 1. The van der Waals surface area contributed by atoms with E-state index in [1.54, 1.807) is 36.9 Å². The van der Waals surface area contributed by atoms with Gasteiger partial charge in [-0.2, -0.15) is 0 Å². The molecule has 0 fully saturated rings. The number of methoxy groups -OCH3 is 1. The summed E-state index contributed by atoms with van der Waals surface area (Å²) in [5.74, 6) is 0. The fraction of sp³-hybridized carbons (Fsp3) is 0.286. The fourth-order valence-corrected chi connectivity index (χ4v) is 3.18. The van der Waals surface area contributed by atoms with Crippen LogP contribution in [0.25, 0.3) is 0 Å². The number of nitrogens with zero attached hydrogens (tertiary/aromatic N) is 1. The Morgan fingerprint density at radius 1 is 1.33 bits per heavy atom. The van der Waals surface area contributed by atoms with Gasteiger partial charge < -0.3 is 14.4 Å². The quantitative estimate of drug-likeness (QED) is 0.846. The minimum absolute atomic E-state index is 0.112. The van der Waals surface area contributed by atoms with Crippen molar-refractivity contribution in [3.63, 3.8) is 0 Å². The van der Waals surface area contributed by atoms with Crippen molar-refractivity contribution in [1.29, 1.82) is 0 Å². The Morgan fingerprint density at radius 3 is 2.67 bits per heavy atom. The molecule has 21 heavy (non-hydrogen) atoms. The number of ether oxygens (including phenoxy) is 1. The van der Waals surface area contributed by atoms with Crippen LogP contribution < -0.4 is 4.72 Å². The summed E-state index contributed by atoms with van der Waals surface area (Å²) >= 11 is 0. The number of aryl methyl sites for hydroxylation is 1. The lowest BCUT2D eigenvalue weighted by Gasteiger charge is -2.11. The predicted molar refractivity (Wildman–Crippen MR) is 79.3 cm³/mol. The zero-order valence-corrected chi connectivity index (χ0v) is 12.7. The third kappa shape index (κ3) is 3.44. The van der Waals surface area contributed by atoms with Gasteiger partial charge in [0, 0.05) is 31.6 Å². The molecular weight excluding hydrogens is 292 g/mol. The van der Waals surface area contributed by atoms with E-state index < -0.39 is 10.0 Å². The molecule has 0 unspecified atom stereocenters. The maximum atomic E-state index is 12.4. The summed E-state index contributed by atoms with van der Waals surface area (Å²) < 4.78 is 34.0. The van der Waals surface area contributed by atoms with Crippen LogP contribution in [0.4, 0.5) is 5.69 Å². The average molecular weight is 310 g/mol. The molecule has 0 aliphatic carbocycles. The normalized spacial score (nSPS) is 11.6. The largest absolute Gasteiger partial charge is 0.390 e. The van der Waals surface area contributed by atoms with Crippen molar-refractivity contribution in [2.45, 2.75) is 18.1 Å². The molecule has 2 rings (SSSR count). The zero-order chi connectivity index (χ0) is 15.5. The van der Waals surface area contributed by atoms with Crippen molar-refractivity contribution in [3.05, 3.63) is 47.8 Å². The Kier molecular flexibility index (Phi) is 4.66. The smallest absolute Gasteiger partial charge is 0.263 e. The number of rotatable bonds is 6. The van der Waals surface area contributed by atoms with Crippen LogP contribution in [-0.2, 0) is 35.0 Å². The third-order valence-corrected chi connectivity index (χ3v) is 4.45. The highest BCUT2D eigenvalue weighted by molar-refractivity contribution is 7.92. The Labute approximate surface area is 124 Å². The molecule has 1 heterocycles. The molecule has 0 saturated heterocycles. The van der Waals surface area contributed by atoms with Crippen molar-refractivity contribution in [2.24, 2.45) is 7.05 Å². The second-order valence-electron chi connectivity index (χ2n) is 4.63. The van der Waals surface area contributed by atoms with E-state index in [9.17, 15) is 8.42 Å². The van der Waals surface area contributed by atoms with Gasteiger partial charge >= 0.3 is 0 Å². The summed E-state index contributed by atoms with van der Waals surface area (Å²) in [6.45, 7) is 0.0989. The first-order valence-corrected chi connectivity index (χ1v) is 7.82. The number of aliphatic hydroxyl groups is 1. The highest BCUT2D eigenvalue weighted by Crippen LogP contribution is 2.21. The number of anilines is 1. The van der Waals surface area contributed by atoms with Gasteiger partial charge in [-0.3, -0.25) is 4.72 Å². The first-order chi connectivity index (χ1) is 9.97. The maximum Gasteiger partial charge on any atom is 0.263 e. The molecule has 0 aliphatic rings. The van der Waals surface area contributed by atoms with E-state index in [4.69, 9.17) is 9.84 Å². The highest BCUT2D eigenvalue weighted by atomic mass is 32.2. The lowest BCUT2D eigenvalue weighted by Crippen LogP contribution is -2.13. The van der Waals surface area contributed by atoms with Crippen LogP contribution in [0.15, 0.2) is 41.4 Å². The molecule has 0 radical (unpaired) electrons. The summed E-state index contributed by atoms with van der Waals surface area (Å²) in [5.41, 5.74) is 1.76. The molecule has 1 aromatic carbocycles. The minimum atomic E-state index is -3.70.